The van der Waals surface area contributed by atoms with E-state index in [0.29, 0.717) is 37.7 Å². The molecule has 3 aromatic rings. The number of alkyl halides is 3. The van der Waals surface area contributed by atoms with Gasteiger partial charge >= 0.3 is 6.18 Å². The minimum Gasteiger partial charge on any atom is -0.353 e. The molecule has 144 valence electrons. The Kier molecular flexibility index (Phi) is 4.62. The summed E-state index contributed by atoms with van der Waals surface area (Å²) in [4.78, 5) is 24.7. The molecule has 0 saturated carbocycles. The Labute approximate surface area is 159 Å². The van der Waals surface area contributed by atoms with Crippen molar-refractivity contribution in [2.24, 2.45) is 0 Å². The summed E-state index contributed by atoms with van der Waals surface area (Å²) in [6, 6.07) is 11.8. The highest BCUT2D eigenvalue weighted by atomic mass is 19.4. The second-order valence-electron chi connectivity index (χ2n) is 6.56. The van der Waals surface area contributed by atoms with Crippen molar-refractivity contribution >= 4 is 22.5 Å². The van der Waals surface area contributed by atoms with Crippen molar-refractivity contribution in [3.05, 3.63) is 66.1 Å². The first-order valence-corrected chi connectivity index (χ1v) is 8.85. The predicted octanol–water partition coefficient (Wildman–Crippen LogP) is 3.61. The molecule has 8 heteroatoms. The molecule has 1 fully saturated rings. The van der Waals surface area contributed by atoms with Crippen LogP contribution in [0.15, 0.2) is 54.9 Å². The number of pyridine rings is 2. The Hall–Kier alpha value is -3.16. The zero-order chi connectivity index (χ0) is 19.7. The van der Waals surface area contributed by atoms with Gasteiger partial charge in [-0.25, -0.2) is 4.98 Å². The molecule has 1 saturated heterocycles. The van der Waals surface area contributed by atoms with Crippen LogP contribution in [-0.4, -0.2) is 47.0 Å². The second-order valence-corrected chi connectivity index (χ2v) is 6.56. The maximum Gasteiger partial charge on any atom is 0.417 e. The number of anilines is 1. The van der Waals surface area contributed by atoms with Gasteiger partial charge in [-0.1, -0.05) is 24.3 Å². The lowest BCUT2D eigenvalue weighted by Gasteiger charge is -2.35. The Morgan fingerprint density at radius 2 is 1.68 bits per heavy atom. The van der Waals surface area contributed by atoms with Crippen LogP contribution in [0.5, 0.6) is 0 Å². The normalized spacial score (nSPS) is 15.1. The maximum atomic E-state index is 12.9. The number of amides is 1. The standard InChI is InChI=1S/C20H17F3N4O/c21-20(22,23)15-5-6-17(25-13-15)26-9-11-27(12-10-26)19(28)18-16-4-2-1-3-14(16)7-8-24-18/h1-8,13H,9-12H2. The van der Waals surface area contributed by atoms with E-state index < -0.39 is 11.7 Å². The molecule has 0 N–H and O–H groups in total. The van der Waals surface area contributed by atoms with Crippen LogP contribution in [0.25, 0.3) is 10.8 Å². The average molecular weight is 386 g/mol. The van der Waals surface area contributed by atoms with Crippen LogP contribution in [-0.2, 0) is 6.18 Å². The SMILES string of the molecule is O=C(c1nccc2ccccc12)N1CCN(c2ccc(C(F)(F)F)cn2)CC1. The third-order valence-corrected chi connectivity index (χ3v) is 4.84. The van der Waals surface area contributed by atoms with Gasteiger partial charge in [-0.05, 0) is 23.6 Å². The molecule has 28 heavy (non-hydrogen) atoms. The predicted molar refractivity (Wildman–Crippen MR) is 99.1 cm³/mol. The molecule has 0 radical (unpaired) electrons. The molecule has 1 amide bonds. The van der Waals surface area contributed by atoms with Crippen LogP contribution in [0.1, 0.15) is 16.1 Å². The smallest absolute Gasteiger partial charge is 0.353 e. The average Bonchev–Trinajstić information content (AvgIpc) is 2.72. The molecule has 0 atom stereocenters. The Morgan fingerprint density at radius 1 is 0.929 bits per heavy atom. The maximum absolute atomic E-state index is 12.9. The number of benzene rings is 1. The van der Waals surface area contributed by atoms with Gasteiger partial charge in [-0.3, -0.25) is 9.78 Å². The number of carbonyl (C=O) groups is 1. The molecule has 0 bridgehead atoms. The lowest BCUT2D eigenvalue weighted by Crippen LogP contribution is -2.49. The largest absolute Gasteiger partial charge is 0.417 e. The van der Waals surface area contributed by atoms with Gasteiger partial charge in [0.05, 0.1) is 5.56 Å². The van der Waals surface area contributed by atoms with E-state index in [1.807, 2.05) is 35.2 Å². The lowest BCUT2D eigenvalue weighted by molar-refractivity contribution is -0.137. The van der Waals surface area contributed by atoms with E-state index in [-0.39, 0.29) is 5.91 Å². The highest BCUT2D eigenvalue weighted by Crippen LogP contribution is 2.29. The number of hydrogen-bond donors (Lipinski definition) is 0. The van der Waals surface area contributed by atoms with E-state index in [0.717, 1.165) is 23.0 Å². The van der Waals surface area contributed by atoms with Crippen molar-refractivity contribution < 1.29 is 18.0 Å². The highest BCUT2D eigenvalue weighted by Gasteiger charge is 2.31. The Balaban J connectivity index is 1.46. The van der Waals surface area contributed by atoms with E-state index in [1.165, 1.54) is 6.07 Å². The number of rotatable bonds is 2. The number of fused-ring (bicyclic) bond motifs is 1. The molecule has 1 aliphatic heterocycles. The van der Waals surface area contributed by atoms with E-state index in [9.17, 15) is 18.0 Å². The van der Waals surface area contributed by atoms with Gasteiger partial charge in [0.1, 0.15) is 11.5 Å². The molecule has 0 aliphatic carbocycles. The fourth-order valence-electron chi connectivity index (χ4n) is 3.32. The van der Waals surface area contributed by atoms with Gasteiger partial charge in [-0.2, -0.15) is 13.2 Å². The van der Waals surface area contributed by atoms with Crippen molar-refractivity contribution in [2.75, 3.05) is 31.1 Å². The number of carbonyl (C=O) groups excluding carboxylic acids is 1. The highest BCUT2D eigenvalue weighted by molar-refractivity contribution is 6.05. The molecule has 1 aromatic carbocycles. The van der Waals surface area contributed by atoms with Crippen molar-refractivity contribution in [3.8, 4) is 0 Å². The summed E-state index contributed by atoms with van der Waals surface area (Å²) < 4.78 is 38.0. The van der Waals surface area contributed by atoms with Crippen molar-refractivity contribution in [1.82, 2.24) is 14.9 Å². The van der Waals surface area contributed by atoms with Crippen molar-refractivity contribution in [1.29, 1.82) is 0 Å². The summed E-state index contributed by atoms with van der Waals surface area (Å²) in [5.41, 5.74) is -0.355. The van der Waals surface area contributed by atoms with Crippen LogP contribution in [0, 0.1) is 0 Å². The lowest BCUT2D eigenvalue weighted by atomic mass is 10.1. The summed E-state index contributed by atoms with van der Waals surface area (Å²) in [7, 11) is 0. The first kappa shape index (κ1) is 18.2. The minimum absolute atomic E-state index is 0.142. The molecule has 0 spiro atoms. The van der Waals surface area contributed by atoms with E-state index in [2.05, 4.69) is 9.97 Å². The number of nitrogens with zero attached hydrogens (tertiary/aromatic N) is 4. The zero-order valence-corrected chi connectivity index (χ0v) is 14.9. The molecule has 0 unspecified atom stereocenters. The van der Waals surface area contributed by atoms with Gasteiger partial charge in [0, 0.05) is 44.0 Å². The number of halogens is 3. The molecular weight excluding hydrogens is 369 g/mol. The topological polar surface area (TPSA) is 49.3 Å². The fourth-order valence-corrected chi connectivity index (χ4v) is 3.32. The quantitative estimate of drug-likeness (QED) is 0.675. The first-order chi connectivity index (χ1) is 13.4. The number of hydrogen-bond acceptors (Lipinski definition) is 4. The van der Waals surface area contributed by atoms with E-state index >= 15 is 0 Å². The third-order valence-electron chi connectivity index (χ3n) is 4.84. The van der Waals surface area contributed by atoms with Crippen LogP contribution < -0.4 is 4.90 Å². The summed E-state index contributed by atoms with van der Waals surface area (Å²) in [6.07, 6.45) is -1.94. The first-order valence-electron chi connectivity index (χ1n) is 8.85. The summed E-state index contributed by atoms with van der Waals surface area (Å²) in [5.74, 6) is 0.334. The second kappa shape index (κ2) is 7.10. The van der Waals surface area contributed by atoms with E-state index in [4.69, 9.17) is 0 Å². The van der Waals surface area contributed by atoms with Crippen molar-refractivity contribution in [2.45, 2.75) is 6.18 Å². The van der Waals surface area contributed by atoms with Gasteiger partial charge in [0.15, 0.2) is 0 Å². The van der Waals surface area contributed by atoms with Crippen LogP contribution in [0.3, 0.4) is 0 Å². The molecule has 4 rings (SSSR count). The fraction of sp³-hybridized carbons (Fsp3) is 0.250. The van der Waals surface area contributed by atoms with Gasteiger partial charge < -0.3 is 9.80 Å². The molecule has 5 nitrogen and oxygen atoms in total. The Morgan fingerprint density at radius 3 is 2.36 bits per heavy atom. The molecule has 1 aliphatic rings. The summed E-state index contributed by atoms with van der Waals surface area (Å²) >= 11 is 0. The molecular formula is C20H17F3N4O. The van der Waals surface area contributed by atoms with Crippen molar-refractivity contribution in [3.63, 3.8) is 0 Å². The Bertz CT molecular complexity index is 991. The zero-order valence-electron chi connectivity index (χ0n) is 14.9. The van der Waals surface area contributed by atoms with E-state index in [1.54, 1.807) is 11.1 Å². The monoisotopic (exact) mass is 386 g/mol. The van der Waals surface area contributed by atoms with Crippen LogP contribution in [0.4, 0.5) is 19.0 Å². The molecule has 3 heterocycles. The third kappa shape index (κ3) is 3.49. The van der Waals surface area contributed by atoms with Gasteiger partial charge in [-0.15, -0.1) is 0 Å². The van der Waals surface area contributed by atoms with Gasteiger partial charge in [0.2, 0.25) is 0 Å². The van der Waals surface area contributed by atoms with Crippen LogP contribution in [0.2, 0.25) is 0 Å². The number of aromatic nitrogens is 2. The summed E-state index contributed by atoms with van der Waals surface area (Å²) in [5, 5.41) is 1.76. The molecule has 2 aromatic heterocycles. The minimum atomic E-state index is -4.40. The summed E-state index contributed by atoms with van der Waals surface area (Å²) in [6.45, 7) is 1.89. The van der Waals surface area contributed by atoms with Crippen LogP contribution >= 0.6 is 0 Å². The number of piperazine rings is 1. The van der Waals surface area contributed by atoms with Gasteiger partial charge in [0.25, 0.3) is 5.91 Å².